The van der Waals surface area contributed by atoms with E-state index in [-0.39, 0.29) is 10.8 Å². The van der Waals surface area contributed by atoms with Crippen LogP contribution in [0.1, 0.15) is 22.8 Å². The van der Waals surface area contributed by atoms with Gasteiger partial charge in [-0.15, -0.1) is 0 Å². The number of hydrogen-bond acceptors (Lipinski definition) is 3. The molecule has 0 aliphatic rings. The van der Waals surface area contributed by atoms with Crippen LogP contribution in [-0.4, -0.2) is 20.9 Å². The van der Waals surface area contributed by atoms with Crippen LogP contribution < -0.4 is 10.0 Å². The number of rotatable bonds is 5. The van der Waals surface area contributed by atoms with Crippen molar-refractivity contribution in [3.8, 4) is 0 Å². The molecule has 0 fully saturated rings. The van der Waals surface area contributed by atoms with Gasteiger partial charge in [-0.3, -0.25) is 4.79 Å². The zero-order chi connectivity index (χ0) is 17.0. The summed E-state index contributed by atoms with van der Waals surface area (Å²) in [6.07, 6.45) is 0. The summed E-state index contributed by atoms with van der Waals surface area (Å²) in [6.45, 7) is 3.81. The Labute approximate surface area is 140 Å². The van der Waals surface area contributed by atoms with Crippen molar-refractivity contribution in [1.29, 1.82) is 0 Å². The minimum Gasteiger partial charge on any atom is -0.322 e. The van der Waals surface area contributed by atoms with Crippen molar-refractivity contribution >= 4 is 33.2 Å². The fourth-order valence-electron chi connectivity index (χ4n) is 2.00. The van der Waals surface area contributed by atoms with Crippen LogP contribution in [0.4, 0.5) is 5.69 Å². The van der Waals surface area contributed by atoms with Gasteiger partial charge in [0.2, 0.25) is 10.0 Å². The molecule has 2 aromatic carbocycles. The lowest BCUT2D eigenvalue weighted by molar-refractivity contribution is 0.102. The van der Waals surface area contributed by atoms with Gasteiger partial charge in [0.15, 0.2) is 0 Å². The van der Waals surface area contributed by atoms with Gasteiger partial charge in [0.05, 0.1) is 4.90 Å². The molecule has 23 heavy (non-hydrogen) atoms. The van der Waals surface area contributed by atoms with E-state index in [9.17, 15) is 13.2 Å². The molecule has 7 heteroatoms. The first kappa shape index (κ1) is 17.5. The largest absolute Gasteiger partial charge is 0.322 e. The van der Waals surface area contributed by atoms with Crippen molar-refractivity contribution in [3.63, 3.8) is 0 Å². The average molecular weight is 353 g/mol. The van der Waals surface area contributed by atoms with Crippen LogP contribution in [0, 0.1) is 6.92 Å². The molecule has 0 saturated carbocycles. The molecule has 0 spiro atoms. The molecule has 0 bridgehead atoms. The molecule has 5 nitrogen and oxygen atoms in total. The highest BCUT2D eigenvalue weighted by molar-refractivity contribution is 7.89. The number of halogens is 1. The lowest BCUT2D eigenvalue weighted by Crippen LogP contribution is -2.23. The van der Waals surface area contributed by atoms with Crippen molar-refractivity contribution < 1.29 is 13.2 Å². The number of nitrogens with one attached hydrogen (secondary N) is 2. The maximum absolute atomic E-state index is 12.2. The molecule has 0 aliphatic carbocycles. The summed E-state index contributed by atoms with van der Waals surface area (Å²) in [5, 5.41) is 3.33. The van der Waals surface area contributed by atoms with Crippen molar-refractivity contribution in [3.05, 3.63) is 58.6 Å². The van der Waals surface area contributed by atoms with E-state index in [0.717, 1.165) is 5.56 Å². The monoisotopic (exact) mass is 352 g/mol. The van der Waals surface area contributed by atoms with Gasteiger partial charge in [-0.25, -0.2) is 13.1 Å². The lowest BCUT2D eigenvalue weighted by Gasteiger charge is -2.10. The smallest absolute Gasteiger partial charge is 0.255 e. The number of benzene rings is 2. The topological polar surface area (TPSA) is 75.3 Å². The first-order valence-electron chi connectivity index (χ1n) is 7.01. The van der Waals surface area contributed by atoms with Gasteiger partial charge in [0, 0.05) is 22.8 Å². The number of amides is 1. The highest BCUT2D eigenvalue weighted by Crippen LogP contribution is 2.23. The van der Waals surface area contributed by atoms with Crippen LogP contribution in [-0.2, 0) is 10.0 Å². The van der Waals surface area contributed by atoms with Crippen LogP contribution >= 0.6 is 11.6 Å². The Morgan fingerprint density at radius 1 is 1.13 bits per heavy atom. The quantitative estimate of drug-likeness (QED) is 0.867. The number of sulfonamides is 1. The van der Waals surface area contributed by atoms with Gasteiger partial charge in [0.25, 0.3) is 5.91 Å². The van der Waals surface area contributed by atoms with E-state index in [4.69, 9.17) is 11.6 Å². The molecule has 0 atom stereocenters. The molecule has 0 heterocycles. The predicted octanol–water partition coefficient (Wildman–Crippen LogP) is 3.20. The van der Waals surface area contributed by atoms with Crippen molar-refractivity contribution in [2.75, 3.05) is 11.9 Å². The molecular formula is C16H17ClN2O3S. The SMILES string of the molecule is CCNS(=O)(=O)c1ccc(C(=O)Nc2cccc(Cl)c2C)cc1. The molecule has 122 valence electrons. The Bertz CT molecular complexity index is 818. The van der Waals surface area contributed by atoms with Gasteiger partial charge in [-0.1, -0.05) is 24.6 Å². The van der Waals surface area contributed by atoms with Gasteiger partial charge in [-0.2, -0.15) is 0 Å². The summed E-state index contributed by atoms with van der Waals surface area (Å²) in [7, 11) is -3.52. The fourth-order valence-corrected chi connectivity index (χ4v) is 3.21. The minimum absolute atomic E-state index is 0.120. The summed E-state index contributed by atoms with van der Waals surface area (Å²) in [6, 6.07) is 11.0. The molecule has 2 aromatic rings. The average Bonchev–Trinajstić information content (AvgIpc) is 2.52. The molecule has 0 aromatic heterocycles. The van der Waals surface area contributed by atoms with Crippen LogP contribution in [0.2, 0.25) is 5.02 Å². The van der Waals surface area contributed by atoms with Gasteiger partial charge >= 0.3 is 0 Å². The molecular weight excluding hydrogens is 336 g/mol. The van der Waals surface area contributed by atoms with Gasteiger partial charge < -0.3 is 5.32 Å². The molecule has 2 rings (SSSR count). The molecule has 0 radical (unpaired) electrons. The van der Waals surface area contributed by atoms with Crippen LogP contribution in [0.5, 0.6) is 0 Å². The summed E-state index contributed by atoms with van der Waals surface area (Å²) in [5.74, 6) is -0.331. The molecule has 1 amide bonds. The Kier molecular flexibility index (Phi) is 5.41. The normalized spacial score (nSPS) is 11.3. The second kappa shape index (κ2) is 7.12. The van der Waals surface area contributed by atoms with Gasteiger partial charge in [-0.05, 0) is 48.9 Å². The van der Waals surface area contributed by atoms with Crippen molar-refractivity contribution in [2.24, 2.45) is 0 Å². The number of carbonyl (C=O) groups is 1. The zero-order valence-electron chi connectivity index (χ0n) is 12.8. The van der Waals surface area contributed by atoms with E-state index < -0.39 is 10.0 Å². The molecule has 0 saturated heterocycles. The Morgan fingerprint density at radius 3 is 2.39 bits per heavy atom. The van der Waals surface area contributed by atoms with Crippen LogP contribution in [0.3, 0.4) is 0 Å². The van der Waals surface area contributed by atoms with E-state index >= 15 is 0 Å². The first-order valence-corrected chi connectivity index (χ1v) is 8.87. The summed E-state index contributed by atoms with van der Waals surface area (Å²) in [5.41, 5.74) is 1.75. The highest BCUT2D eigenvalue weighted by atomic mass is 35.5. The standard InChI is InChI=1S/C16H17ClN2O3S/c1-3-18-23(21,22)13-9-7-12(8-10-13)16(20)19-15-6-4-5-14(17)11(15)2/h4-10,18H,3H2,1-2H3,(H,19,20). The minimum atomic E-state index is -3.52. The van der Waals surface area contributed by atoms with Crippen LogP contribution in [0.15, 0.2) is 47.4 Å². The predicted molar refractivity (Wildman–Crippen MR) is 91.4 cm³/mol. The highest BCUT2D eigenvalue weighted by Gasteiger charge is 2.14. The van der Waals surface area contributed by atoms with Crippen LogP contribution in [0.25, 0.3) is 0 Å². The third-order valence-electron chi connectivity index (χ3n) is 3.28. The van der Waals surface area contributed by atoms with Crippen molar-refractivity contribution in [2.45, 2.75) is 18.7 Å². The zero-order valence-corrected chi connectivity index (χ0v) is 14.3. The third kappa shape index (κ3) is 4.10. The number of carbonyl (C=O) groups excluding carboxylic acids is 1. The second-order valence-electron chi connectivity index (χ2n) is 4.89. The van der Waals surface area contributed by atoms with E-state index in [1.54, 1.807) is 25.1 Å². The Balaban J connectivity index is 2.19. The second-order valence-corrected chi connectivity index (χ2v) is 7.07. The maximum atomic E-state index is 12.2. The molecule has 0 aliphatic heterocycles. The van der Waals surface area contributed by atoms with E-state index in [1.807, 2.05) is 6.92 Å². The number of anilines is 1. The fraction of sp³-hybridized carbons (Fsp3) is 0.188. The molecule has 2 N–H and O–H groups in total. The van der Waals surface area contributed by atoms with E-state index in [1.165, 1.54) is 24.3 Å². The van der Waals surface area contributed by atoms with E-state index in [0.29, 0.717) is 22.8 Å². The Morgan fingerprint density at radius 2 is 1.78 bits per heavy atom. The van der Waals surface area contributed by atoms with Crippen molar-refractivity contribution in [1.82, 2.24) is 4.72 Å². The summed E-state index contributed by atoms with van der Waals surface area (Å²) < 4.78 is 26.1. The molecule has 0 unspecified atom stereocenters. The summed E-state index contributed by atoms with van der Waals surface area (Å²) in [4.78, 5) is 12.4. The van der Waals surface area contributed by atoms with Gasteiger partial charge in [0.1, 0.15) is 0 Å². The Hall–Kier alpha value is -1.89. The maximum Gasteiger partial charge on any atom is 0.255 e. The summed E-state index contributed by atoms with van der Waals surface area (Å²) >= 11 is 6.02. The third-order valence-corrected chi connectivity index (χ3v) is 5.25. The first-order chi connectivity index (χ1) is 10.8. The number of hydrogen-bond donors (Lipinski definition) is 2. The van der Waals surface area contributed by atoms with E-state index in [2.05, 4.69) is 10.0 Å². The lowest BCUT2D eigenvalue weighted by atomic mass is 10.1.